The molecular weight excluding hydrogens is 218 g/mol. The third-order valence-corrected chi connectivity index (χ3v) is 3.18. The van der Waals surface area contributed by atoms with Crippen LogP contribution < -0.4 is 5.73 Å². The number of hydrogen-bond acceptors (Lipinski definition) is 4. The lowest BCUT2D eigenvalue weighted by molar-refractivity contribution is -0.136. The Hall–Kier alpha value is -0.650. The van der Waals surface area contributed by atoms with Crippen LogP contribution in [-0.4, -0.2) is 68.2 Å². The molecule has 0 spiro atoms. The molecule has 0 saturated carbocycles. The van der Waals surface area contributed by atoms with E-state index >= 15 is 0 Å². The Labute approximate surface area is 104 Å². The van der Waals surface area contributed by atoms with E-state index in [1.54, 1.807) is 0 Å². The predicted molar refractivity (Wildman–Crippen MR) is 67.8 cm³/mol. The first-order valence-corrected chi connectivity index (χ1v) is 6.30. The van der Waals surface area contributed by atoms with Crippen molar-refractivity contribution in [1.82, 2.24) is 9.80 Å². The van der Waals surface area contributed by atoms with E-state index in [9.17, 15) is 4.79 Å². The van der Waals surface area contributed by atoms with Crippen molar-refractivity contribution in [2.45, 2.75) is 25.3 Å². The van der Waals surface area contributed by atoms with E-state index in [0.29, 0.717) is 26.2 Å². The standard InChI is InChI=1S/C12H25N3O2/c1-4-15(8-5-7-14(2)3)11(16)12(13)6-9-17-10-12/h4-10,13H2,1-3H3. The molecule has 1 aliphatic heterocycles. The highest BCUT2D eigenvalue weighted by Gasteiger charge is 2.40. The van der Waals surface area contributed by atoms with E-state index in [1.807, 2.05) is 25.9 Å². The molecule has 0 aromatic carbocycles. The van der Waals surface area contributed by atoms with Crippen LogP contribution >= 0.6 is 0 Å². The first-order valence-electron chi connectivity index (χ1n) is 6.30. The molecule has 0 radical (unpaired) electrons. The van der Waals surface area contributed by atoms with Crippen molar-refractivity contribution >= 4 is 5.91 Å². The predicted octanol–water partition coefficient (Wildman–Crippen LogP) is -0.0956. The Kier molecular flexibility index (Phi) is 5.36. The first-order chi connectivity index (χ1) is 7.99. The van der Waals surface area contributed by atoms with E-state index in [4.69, 9.17) is 10.5 Å². The van der Waals surface area contributed by atoms with Crippen LogP contribution in [0.15, 0.2) is 0 Å². The summed E-state index contributed by atoms with van der Waals surface area (Å²) in [7, 11) is 4.07. The summed E-state index contributed by atoms with van der Waals surface area (Å²) in [5.74, 6) is 0.0382. The highest BCUT2D eigenvalue weighted by molar-refractivity contribution is 5.86. The second-order valence-electron chi connectivity index (χ2n) is 5.00. The van der Waals surface area contributed by atoms with Gasteiger partial charge in [-0.3, -0.25) is 4.79 Å². The third kappa shape index (κ3) is 3.94. The number of amides is 1. The monoisotopic (exact) mass is 243 g/mol. The van der Waals surface area contributed by atoms with Crippen LogP contribution in [0.25, 0.3) is 0 Å². The third-order valence-electron chi connectivity index (χ3n) is 3.18. The van der Waals surface area contributed by atoms with Crippen LogP contribution in [0.2, 0.25) is 0 Å². The lowest BCUT2D eigenvalue weighted by Gasteiger charge is -2.30. The normalized spacial score (nSPS) is 24.3. The van der Waals surface area contributed by atoms with Crippen molar-refractivity contribution in [1.29, 1.82) is 0 Å². The van der Waals surface area contributed by atoms with Crippen LogP contribution in [0.3, 0.4) is 0 Å². The van der Waals surface area contributed by atoms with E-state index in [1.165, 1.54) is 0 Å². The molecular formula is C12H25N3O2. The quantitative estimate of drug-likeness (QED) is 0.708. The van der Waals surface area contributed by atoms with Gasteiger partial charge >= 0.3 is 0 Å². The number of hydrogen-bond donors (Lipinski definition) is 1. The van der Waals surface area contributed by atoms with Crippen LogP contribution in [0, 0.1) is 0 Å². The van der Waals surface area contributed by atoms with Gasteiger partial charge in [-0.25, -0.2) is 0 Å². The molecule has 0 aromatic heterocycles. The maximum absolute atomic E-state index is 12.3. The zero-order chi connectivity index (χ0) is 12.9. The van der Waals surface area contributed by atoms with E-state index < -0.39 is 5.54 Å². The van der Waals surface area contributed by atoms with Gasteiger partial charge in [-0.15, -0.1) is 0 Å². The molecule has 100 valence electrons. The second-order valence-corrected chi connectivity index (χ2v) is 5.00. The Morgan fingerprint density at radius 2 is 2.12 bits per heavy atom. The van der Waals surface area contributed by atoms with Crippen molar-refractivity contribution in [2.75, 3.05) is 46.9 Å². The zero-order valence-corrected chi connectivity index (χ0v) is 11.2. The summed E-state index contributed by atoms with van der Waals surface area (Å²) in [5.41, 5.74) is 5.30. The van der Waals surface area contributed by atoms with Gasteiger partial charge in [-0.1, -0.05) is 0 Å². The number of carbonyl (C=O) groups is 1. The Morgan fingerprint density at radius 1 is 1.41 bits per heavy atom. The number of ether oxygens (including phenoxy) is 1. The topological polar surface area (TPSA) is 58.8 Å². The molecule has 0 aliphatic carbocycles. The molecule has 1 aliphatic rings. The Morgan fingerprint density at radius 3 is 2.59 bits per heavy atom. The number of nitrogens with zero attached hydrogens (tertiary/aromatic N) is 2. The van der Waals surface area contributed by atoms with Crippen LogP contribution in [0.1, 0.15) is 19.8 Å². The zero-order valence-electron chi connectivity index (χ0n) is 11.2. The summed E-state index contributed by atoms with van der Waals surface area (Å²) in [4.78, 5) is 16.2. The van der Waals surface area contributed by atoms with Gasteiger partial charge in [-0.05, 0) is 40.4 Å². The summed E-state index contributed by atoms with van der Waals surface area (Å²) in [6.07, 6.45) is 1.61. The average molecular weight is 243 g/mol. The lowest BCUT2D eigenvalue weighted by Crippen LogP contribution is -2.56. The minimum absolute atomic E-state index is 0.0382. The maximum atomic E-state index is 12.3. The van der Waals surface area contributed by atoms with Crippen molar-refractivity contribution in [3.63, 3.8) is 0 Å². The average Bonchev–Trinajstić information content (AvgIpc) is 2.72. The molecule has 1 unspecified atom stereocenters. The smallest absolute Gasteiger partial charge is 0.245 e. The van der Waals surface area contributed by atoms with Crippen LogP contribution in [-0.2, 0) is 9.53 Å². The van der Waals surface area contributed by atoms with Gasteiger partial charge in [0.1, 0.15) is 5.54 Å². The molecule has 17 heavy (non-hydrogen) atoms. The van der Waals surface area contributed by atoms with Crippen molar-refractivity contribution in [3.05, 3.63) is 0 Å². The van der Waals surface area contributed by atoms with Gasteiger partial charge in [0.25, 0.3) is 0 Å². The van der Waals surface area contributed by atoms with Gasteiger partial charge in [0.2, 0.25) is 5.91 Å². The number of rotatable bonds is 6. The number of carbonyl (C=O) groups excluding carboxylic acids is 1. The first kappa shape index (κ1) is 14.4. The fourth-order valence-corrected chi connectivity index (χ4v) is 2.05. The van der Waals surface area contributed by atoms with Crippen LogP contribution in [0.5, 0.6) is 0 Å². The minimum atomic E-state index is -0.784. The summed E-state index contributed by atoms with van der Waals surface area (Å²) < 4.78 is 5.24. The van der Waals surface area contributed by atoms with Gasteiger partial charge in [-0.2, -0.15) is 0 Å². The van der Waals surface area contributed by atoms with Crippen molar-refractivity contribution in [2.24, 2.45) is 5.73 Å². The molecule has 0 bridgehead atoms. The number of nitrogens with two attached hydrogens (primary N) is 1. The Balaban J connectivity index is 2.46. The van der Waals surface area contributed by atoms with Gasteiger partial charge in [0.15, 0.2) is 0 Å². The molecule has 1 atom stereocenters. The fourth-order valence-electron chi connectivity index (χ4n) is 2.05. The van der Waals surface area contributed by atoms with Gasteiger partial charge in [0.05, 0.1) is 6.61 Å². The summed E-state index contributed by atoms with van der Waals surface area (Å²) in [6, 6.07) is 0. The van der Waals surface area contributed by atoms with Gasteiger partial charge < -0.3 is 20.3 Å². The summed E-state index contributed by atoms with van der Waals surface area (Å²) in [5, 5.41) is 0. The van der Waals surface area contributed by atoms with E-state index in [0.717, 1.165) is 19.5 Å². The lowest BCUT2D eigenvalue weighted by atomic mass is 9.98. The summed E-state index contributed by atoms with van der Waals surface area (Å²) >= 11 is 0. The fraction of sp³-hybridized carbons (Fsp3) is 0.917. The highest BCUT2D eigenvalue weighted by atomic mass is 16.5. The molecule has 1 rings (SSSR count). The minimum Gasteiger partial charge on any atom is -0.379 e. The number of likely N-dealkylation sites (N-methyl/N-ethyl adjacent to an activating group) is 1. The molecule has 5 nitrogen and oxygen atoms in total. The van der Waals surface area contributed by atoms with Gasteiger partial charge in [0, 0.05) is 19.7 Å². The second kappa shape index (κ2) is 6.33. The largest absolute Gasteiger partial charge is 0.379 e. The summed E-state index contributed by atoms with van der Waals surface area (Å²) in [6.45, 7) is 5.41. The molecule has 0 aromatic rings. The highest BCUT2D eigenvalue weighted by Crippen LogP contribution is 2.18. The van der Waals surface area contributed by atoms with Crippen molar-refractivity contribution in [3.8, 4) is 0 Å². The van der Waals surface area contributed by atoms with E-state index in [2.05, 4.69) is 4.90 Å². The maximum Gasteiger partial charge on any atom is 0.245 e. The van der Waals surface area contributed by atoms with Crippen molar-refractivity contribution < 1.29 is 9.53 Å². The molecule has 1 amide bonds. The Bertz CT molecular complexity index is 250. The molecule has 1 fully saturated rings. The van der Waals surface area contributed by atoms with E-state index in [-0.39, 0.29) is 5.91 Å². The SMILES string of the molecule is CCN(CCCN(C)C)C(=O)C1(N)CCOC1. The molecule has 5 heteroatoms. The molecule has 1 saturated heterocycles. The molecule has 2 N–H and O–H groups in total. The van der Waals surface area contributed by atoms with Crippen LogP contribution in [0.4, 0.5) is 0 Å². The molecule has 1 heterocycles.